The van der Waals surface area contributed by atoms with Gasteiger partial charge in [-0.2, -0.15) is 0 Å². The molecule has 4 rings (SSSR count). The van der Waals surface area contributed by atoms with Crippen LogP contribution in [-0.2, 0) is 10.0 Å². The lowest BCUT2D eigenvalue weighted by Gasteiger charge is -2.20. The molecule has 0 bridgehead atoms. The highest BCUT2D eigenvalue weighted by Crippen LogP contribution is 2.27. The summed E-state index contributed by atoms with van der Waals surface area (Å²) < 4.78 is 27.9. The number of fused-ring (bicyclic) bond motifs is 1. The number of rotatable bonds is 5. The number of nitrogens with one attached hydrogen (secondary N) is 1. The van der Waals surface area contributed by atoms with Crippen LogP contribution in [0.4, 0.5) is 10.8 Å². The van der Waals surface area contributed by atoms with Gasteiger partial charge in [0.1, 0.15) is 0 Å². The molecule has 3 aromatic carbocycles. The number of nitrogens with zero attached hydrogens (tertiary/aromatic N) is 2. The second-order valence-electron chi connectivity index (χ2n) is 7.28. The lowest BCUT2D eigenvalue weighted by molar-refractivity contribution is 0.102. The first kappa shape index (κ1) is 21.0. The quantitative estimate of drug-likeness (QED) is 0.464. The van der Waals surface area contributed by atoms with E-state index in [-0.39, 0.29) is 10.8 Å². The maximum Gasteiger partial charge on any atom is 0.264 e. The van der Waals surface area contributed by atoms with Gasteiger partial charge in [0, 0.05) is 12.6 Å². The van der Waals surface area contributed by atoms with E-state index in [2.05, 4.69) is 10.3 Å². The lowest BCUT2D eigenvalue weighted by Crippen LogP contribution is -2.26. The van der Waals surface area contributed by atoms with Crippen LogP contribution in [0.1, 0.15) is 21.5 Å². The summed E-state index contributed by atoms with van der Waals surface area (Å²) in [4.78, 5) is 17.3. The molecule has 0 atom stereocenters. The van der Waals surface area contributed by atoms with Crippen molar-refractivity contribution >= 4 is 48.3 Å². The zero-order chi connectivity index (χ0) is 22.2. The van der Waals surface area contributed by atoms with Gasteiger partial charge in [-0.25, -0.2) is 13.4 Å². The Morgan fingerprint density at radius 2 is 1.58 bits per heavy atom. The van der Waals surface area contributed by atoms with Gasteiger partial charge in [0.25, 0.3) is 15.9 Å². The van der Waals surface area contributed by atoms with Gasteiger partial charge in [0.2, 0.25) is 0 Å². The molecule has 0 radical (unpaired) electrons. The third-order valence-electron chi connectivity index (χ3n) is 4.94. The maximum atomic E-state index is 12.9. The molecule has 0 spiro atoms. The lowest BCUT2D eigenvalue weighted by atomic mass is 10.2. The van der Waals surface area contributed by atoms with Crippen LogP contribution < -0.4 is 9.62 Å². The first-order valence-electron chi connectivity index (χ1n) is 9.58. The molecule has 0 fully saturated rings. The second kappa shape index (κ2) is 8.13. The van der Waals surface area contributed by atoms with E-state index in [1.54, 1.807) is 48.5 Å². The monoisotopic (exact) mass is 451 g/mol. The van der Waals surface area contributed by atoms with Crippen LogP contribution in [0.3, 0.4) is 0 Å². The maximum absolute atomic E-state index is 12.9. The third-order valence-corrected chi connectivity index (χ3v) is 7.67. The first-order valence-corrected chi connectivity index (χ1v) is 11.8. The van der Waals surface area contributed by atoms with Crippen LogP contribution in [0.25, 0.3) is 10.2 Å². The molecule has 31 heavy (non-hydrogen) atoms. The first-order chi connectivity index (χ1) is 14.7. The molecule has 1 amide bonds. The molecule has 158 valence electrons. The summed E-state index contributed by atoms with van der Waals surface area (Å²) in [6.45, 7) is 3.91. The van der Waals surface area contributed by atoms with E-state index in [0.717, 1.165) is 21.3 Å². The molecule has 1 N–H and O–H groups in total. The molecule has 0 aliphatic rings. The molecule has 4 aromatic rings. The number of amides is 1. The normalized spacial score (nSPS) is 11.5. The molecule has 0 saturated heterocycles. The smallest absolute Gasteiger partial charge is 0.264 e. The molecule has 0 aliphatic carbocycles. The van der Waals surface area contributed by atoms with Gasteiger partial charge >= 0.3 is 0 Å². The minimum Gasteiger partial charge on any atom is -0.298 e. The largest absolute Gasteiger partial charge is 0.298 e. The Labute approximate surface area is 185 Å². The van der Waals surface area contributed by atoms with Crippen LogP contribution in [-0.4, -0.2) is 26.4 Å². The Kier molecular flexibility index (Phi) is 5.51. The summed E-state index contributed by atoms with van der Waals surface area (Å²) in [7, 11) is -2.19. The van der Waals surface area contributed by atoms with Crippen molar-refractivity contribution in [2.45, 2.75) is 18.7 Å². The topological polar surface area (TPSA) is 79.4 Å². The molecule has 8 heteroatoms. The van der Waals surface area contributed by atoms with Crippen molar-refractivity contribution in [2.75, 3.05) is 16.7 Å². The van der Waals surface area contributed by atoms with Crippen LogP contribution in [0.5, 0.6) is 0 Å². The van der Waals surface area contributed by atoms with Gasteiger partial charge in [0.05, 0.1) is 20.8 Å². The number of sulfonamides is 1. The van der Waals surface area contributed by atoms with E-state index in [1.165, 1.54) is 22.7 Å². The predicted molar refractivity (Wildman–Crippen MR) is 126 cm³/mol. The van der Waals surface area contributed by atoms with Crippen molar-refractivity contribution in [1.29, 1.82) is 0 Å². The van der Waals surface area contributed by atoms with Gasteiger partial charge < -0.3 is 0 Å². The van der Waals surface area contributed by atoms with Crippen molar-refractivity contribution in [3.05, 3.63) is 83.4 Å². The summed E-state index contributed by atoms with van der Waals surface area (Å²) in [5.74, 6) is -0.300. The predicted octanol–water partition coefficient (Wildman–Crippen LogP) is 4.99. The number of carbonyl (C=O) groups is 1. The van der Waals surface area contributed by atoms with Crippen LogP contribution in [0, 0.1) is 13.8 Å². The molecular formula is C23H21N3O3S2. The zero-order valence-electron chi connectivity index (χ0n) is 17.3. The fraction of sp³-hybridized carbons (Fsp3) is 0.130. The highest BCUT2D eigenvalue weighted by atomic mass is 32.2. The number of benzene rings is 3. The molecule has 6 nitrogen and oxygen atoms in total. The zero-order valence-corrected chi connectivity index (χ0v) is 18.9. The molecule has 0 aliphatic heterocycles. The fourth-order valence-corrected chi connectivity index (χ4v) is 5.24. The standard InChI is InChI=1S/C23H21N3O3S2/c1-15-4-11-19(12-5-15)31(28,29)26(3)18-9-7-17(8-10-18)22(27)25-23-24-20-13-6-16(2)14-21(20)30-23/h4-14H,1-3H3,(H,24,25,27). The van der Waals surface area contributed by atoms with E-state index >= 15 is 0 Å². The molecule has 0 unspecified atom stereocenters. The Morgan fingerprint density at radius 3 is 2.26 bits per heavy atom. The van der Waals surface area contributed by atoms with E-state index in [1.807, 2.05) is 32.0 Å². The number of aromatic nitrogens is 1. The van der Waals surface area contributed by atoms with E-state index < -0.39 is 10.0 Å². The molecular weight excluding hydrogens is 430 g/mol. The van der Waals surface area contributed by atoms with Crippen LogP contribution in [0.15, 0.2) is 71.6 Å². The van der Waals surface area contributed by atoms with Gasteiger partial charge in [-0.3, -0.25) is 14.4 Å². The van der Waals surface area contributed by atoms with E-state index in [0.29, 0.717) is 16.4 Å². The number of carbonyl (C=O) groups excluding carboxylic acids is 1. The van der Waals surface area contributed by atoms with Crippen molar-refractivity contribution in [1.82, 2.24) is 4.98 Å². The second-order valence-corrected chi connectivity index (χ2v) is 10.3. The van der Waals surface area contributed by atoms with Gasteiger partial charge in [0.15, 0.2) is 5.13 Å². The minimum absolute atomic E-state index is 0.216. The molecule has 1 aromatic heterocycles. The average molecular weight is 452 g/mol. The Balaban J connectivity index is 1.51. The van der Waals surface area contributed by atoms with Crippen molar-refractivity contribution in [3.8, 4) is 0 Å². The summed E-state index contributed by atoms with van der Waals surface area (Å²) in [5.41, 5.74) is 3.84. The van der Waals surface area contributed by atoms with Crippen LogP contribution in [0.2, 0.25) is 0 Å². The summed E-state index contributed by atoms with van der Waals surface area (Å²) in [5, 5.41) is 3.34. The van der Waals surface area contributed by atoms with E-state index in [9.17, 15) is 13.2 Å². The SMILES string of the molecule is Cc1ccc(S(=O)(=O)N(C)c2ccc(C(=O)Nc3nc4ccc(C)cc4s3)cc2)cc1. The highest BCUT2D eigenvalue weighted by Gasteiger charge is 2.21. The minimum atomic E-state index is -3.68. The van der Waals surface area contributed by atoms with Crippen molar-refractivity contribution in [2.24, 2.45) is 0 Å². The number of hydrogen-bond donors (Lipinski definition) is 1. The van der Waals surface area contributed by atoms with Crippen LogP contribution >= 0.6 is 11.3 Å². The van der Waals surface area contributed by atoms with Gasteiger partial charge in [-0.15, -0.1) is 0 Å². The number of aryl methyl sites for hydroxylation is 2. The summed E-state index contributed by atoms with van der Waals surface area (Å²) in [6, 6.07) is 19.1. The van der Waals surface area contributed by atoms with Crippen molar-refractivity contribution < 1.29 is 13.2 Å². The Bertz CT molecular complexity index is 1360. The molecule has 1 heterocycles. The fourth-order valence-electron chi connectivity index (χ4n) is 3.08. The van der Waals surface area contributed by atoms with Gasteiger partial charge in [-0.1, -0.05) is 35.1 Å². The third kappa shape index (κ3) is 4.30. The number of anilines is 2. The summed E-state index contributed by atoms with van der Waals surface area (Å²) >= 11 is 1.41. The Morgan fingerprint density at radius 1 is 0.935 bits per heavy atom. The Hall–Kier alpha value is -3.23. The van der Waals surface area contributed by atoms with Crippen molar-refractivity contribution in [3.63, 3.8) is 0 Å². The highest BCUT2D eigenvalue weighted by molar-refractivity contribution is 7.92. The number of hydrogen-bond acceptors (Lipinski definition) is 5. The molecule has 0 saturated carbocycles. The van der Waals surface area contributed by atoms with E-state index in [4.69, 9.17) is 0 Å². The average Bonchev–Trinajstić information content (AvgIpc) is 3.14. The van der Waals surface area contributed by atoms with Gasteiger partial charge in [-0.05, 0) is 67.9 Å². The number of thiazole rings is 1. The summed E-state index contributed by atoms with van der Waals surface area (Å²) in [6.07, 6.45) is 0.